The number of thiazole rings is 1. The average molecular weight is 458 g/mol. The van der Waals surface area contributed by atoms with Gasteiger partial charge in [0.25, 0.3) is 0 Å². The lowest BCUT2D eigenvalue weighted by molar-refractivity contribution is -0.139. The van der Waals surface area contributed by atoms with Crippen molar-refractivity contribution in [2.75, 3.05) is 18.1 Å². The van der Waals surface area contributed by atoms with Crippen molar-refractivity contribution in [3.63, 3.8) is 0 Å². The molecule has 3 rings (SSSR count). The monoisotopic (exact) mass is 458 g/mol. The molecule has 1 aliphatic heterocycles. The molecule has 1 aliphatic rings. The molecule has 160 valence electrons. The molecule has 0 spiro atoms. The fourth-order valence-corrected chi connectivity index (χ4v) is 5.08. The first-order chi connectivity index (χ1) is 13.9. The molecule has 1 N–H and O–H groups in total. The number of aryl methyl sites for hydroxylation is 1. The number of nitrogens with one attached hydrogen (secondary N) is 1. The van der Waals surface area contributed by atoms with Crippen LogP contribution in [-0.2, 0) is 16.0 Å². The number of anilines is 1. The van der Waals surface area contributed by atoms with Gasteiger partial charge in [-0.25, -0.2) is 18.2 Å². The van der Waals surface area contributed by atoms with Crippen molar-refractivity contribution in [2.45, 2.75) is 36.9 Å². The Morgan fingerprint density at radius 3 is 2.70 bits per heavy atom. The van der Waals surface area contributed by atoms with E-state index in [0.29, 0.717) is 30.0 Å². The summed E-state index contributed by atoms with van der Waals surface area (Å²) in [5.74, 6) is 0. The third-order valence-corrected chi connectivity index (χ3v) is 6.90. The van der Waals surface area contributed by atoms with Gasteiger partial charge < -0.3 is 4.90 Å². The summed E-state index contributed by atoms with van der Waals surface area (Å²) in [5.41, 5.74) is -0.732. The standard InChI is InChI=1S/C18H17F3N4O3S2/c1-10-15(11-5-6-14(30(2,27)28)13(8-11)18(19,20)21)29-16(23-10)24-17(26)25-7-3-4-12(25)9-22/h5-6,8,12H,3-4,7H2,1-2H3,(H,23,24,26)/t12-/m0/s1. The van der Waals surface area contributed by atoms with Crippen LogP contribution in [0.3, 0.4) is 0 Å². The van der Waals surface area contributed by atoms with Crippen LogP contribution in [0.15, 0.2) is 23.1 Å². The van der Waals surface area contributed by atoms with Crippen molar-refractivity contribution in [3.05, 3.63) is 29.5 Å². The second-order valence-electron chi connectivity index (χ2n) is 6.83. The zero-order valence-electron chi connectivity index (χ0n) is 15.9. The Bertz CT molecular complexity index is 1140. The van der Waals surface area contributed by atoms with Crippen LogP contribution in [0.5, 0.6) is 0 Å². The van der Waals surface area contributed by atoms with E-state index in [0.717, 1.165) is 29.7 Å². The first-order valence-electron chi connectivity index (χ1n) is 8.78. The predicted octanol–water partition coefficient (Wildman–Crippen LogP) is 4.06. The van der Waals surface area contributed by atoms with Gasteiger partial charge in [-0.05, 0) is 37.5 Å². The molecule has 1 saturated heterocycles. The molecule has 1 atom stereocenters. The number of aromatic nitrogens is 1. The molecular weight excluding hydrogens is 441 g/mol. The van der Waals surface area contributed by atoms with Crippen LogP contribution in [0.2, 0.25) is 0 Å². The van der Waals surface area contributed by atoms with E-state index >= 15 is 0 Å². The number of nitriles is 1. The molecule has 2 amide bonds. The minimum atomic E-state index is -4.86. The van der Waals surface area contributed by atoms with Crippen molar-refractivity contribution in [2.24, 2.45) is 0 Å². The first kappa shape index (κ1) is 22.0. The zero-order chi connectivity index (χ0) is 22.3. The summed E-state index contributed by atoms with van der Waals surface area (Å²) in [5, 5.41) is 11.9. The number of alkyl halides is 3. The topological polar surface area (TPSA) is 103 Å². The SMILES string of the molecule is Cc1nc(NC(=O)N2CCC[C@H]2C#N)sc1-c1ccc(S(C)(=O)=O)c(C(F)(F)F)c1. The summed E-state index contributed by atoms with van der Waals surface area (Å²) in [4.78, 5) is 17.5. The molecule has 1 aromatic carbocycles. The van der Waals surface area contributed by atoms with Gasteiger partial charge in [0.15, 0.2) is 15.0 Å². The first-order valence-corrected chi connectivity index (χ1v) is 11.5. The number of carbonyl (C=O) groups is 1. The molecule has 7 nitrogen and oxygen atoms in total. The number of sulfone groups is 1. The molecule has 0 radical (unpaired) electrons. The van der Waals surface area contributed by atoms with Gasteiger partial charge in [-0.15, -0.1) is 0 Å². The van der Waals surface area contributed by atoms with E-state index in [2.05, 4.69) is 16.4 Å². The van der Waals surface area contributed by atoms with Crippen LogP contribution in [0.4, 0.5) is 23.1 Å². The number of rotatable bonds is 3. The van der Waals surface area contributed by atoms with E-state index in [9.17, 15) is 26.4 Å². The molecule has 0 unspecified atom stereocenters. The molecule has 1 fully saturated rings. The lowest BCUT2D eigenvalue weighted by atomic mass is 10.1. The Morgan fingerprint density at radius 2 is 2.10 bits per heavy atom. The Kier molecular flexibility index (Phi) is 5.79. The lowest BCUT2D eigenvalue weighted by Crippen LogP contribution is -2.37. The van der Waals surface area contributed by atoms with E-state index in [-0.39, 0.29) is 10.7 Å². The Hall–Kier alpha value is -2.65. The number of halogens is 3. The molecular formula is C18H17F3N4O3S2. The highest BCUT2D eigenvalue weighted by Crippen LogP contribution is 2.40. The van der Waals surface area contributed by atoms with Crippen LogP contribution in [0, 0.1) is 18.3 Å². The van der Waals surface area contributed by atoms with Crippen molar-refractivity contribution in [1.82, 2.24) is 9.88 Å². The number of amides is 2. The molecule has 0 saturated carbocycles. The van der Waals surface area contributed by atoms with Crippen LogP contribution in [-0.4, -0.2) is 43.2 Å². The van der Waals surface area contributed by atoms with Crippen molar-refractivity contribution >= 4 is 32.3 Å². The van der Waals surface area contributed by atoms with Gasteiger partial charge >= 0.3 is 12.2 Å². The van der Waals surface area contributed by atoms with Crippen LogP contribution in [0.25, 0.3) is 10.4 Å². The third kappa shape index (κ3) is 4.41. The molecule has 30 heavy (non-hydrogen) atoms. The molecule has 12 heteroatoms. The molecule has 2 aromatic rings. The summed E-state index contributed by atoms with van der Waals surface area (Å²) in [6, 6.07) is 4.01. The summed E-state index contributed by atoms with van der Waals surface area (Å²) >= 11 is 0.972. The third-order valence-electron chi connectivity index (χ3n) is 4.62. The maximum absolute atomic E-state index is 13.4. The molecule has 0 aliphatic carbocycles. The van der Waals surface area contributed by atoms with Crippen LogP contribution < -0.4 is 5.32 Å². The Morgan fingerprint density at radius 1 is 1.40 bits per heavy atom. The summed E-state index contributed by atoms with van der Waals surface area (Å²) in [6.07, 6.45) is -2.85. The van der Waals surface area contributed by atoms with Gasteiger partial charge in [-0.3, -0.25) is 5.32 Å². The molecule has 1 aromatic heterocycles. The largest absolute Gasteiger partial charge is 0.417 e. The number of carbonyl (C=O) groups excluding carboxylic acids is 1. The second kappa shape index (κ2) is 7.88. The minimum absolute atomic E-state index is 0.140. The maximum atomic E-state index is 13.4. The van der Waals surface area contributed by atoms with Crippen molar-refractivity contribution in [3.8, 4) is 16.5 Å². The highest BCUT2D eigenvalue weighted by atomic mass is 32.2. The van der Waals surface area contributed by atoms with Gasteiger partial charge in [-0.1, -0.05) is 17.4 Å². The van der Waals surface area contributed by atoms with Crippen LogP contribution >= 0.6 is 11.3 Å². The number of nitrogens with zero attached hydrogens (tertiary/aromatic N) is 3. The number of urea groups is 1. The predicted molar refractivity (Wildman–Crippen MR) is 105 cm³/mol. The maximum Gasteiger partial charge on any atom is 0.417 e. The number of benzene rings is 1. The fourth-order valence-electron chi connectivity index (χ4n) is 3.24. The number of hydrogen-bond acceptors (Lipinski definition) is 6. The zero-order valence-corrected chi connectivity index (χ0v) is 17.6. The summed E-state index contributed by atoms with van der Waals surface area (Å²) in [7, 11) is -4.07. The Labute approximate surface area is 175 Å². The Balaban J connectivity index is 1.94. The van der Waals surface area contributed by atoms with Crippen molar-refractivity contribution in [1.29, 1.82) is 5.26 Å². The van der Waals surface area contributed by atoms with Gasteiger partial charge in [0.05, 0.1) is 27.1 Å². The van der Waals surface area contributed by atoms with Gasteiger partial charge in [0.2, 0.25) is 0 Å². The normalized spacial score (nSPS) is 17.1. The van der Waals surface area contributed by atoms with Crippen LogP contribution in [0.1, 0.15) is 24.1 Å². The van der Waals surface area contributed by atoms with E-state index in [4.69, 9.17) is 5.26 Å². The summed E-state index contributed by atoms with van der Waals surface area (Å²) in [6.45, 7) is 2.01. The average Bonchev–Trinajstić information content (AvgIpc) is 3.26. The van der Waals surface area contributed by atoms with E-state index < -0.39 is 38.5 Å². The minimum Gasteiger partial charge on any atom is -0.308 e. The highest BCUT2D eigenvalue weighted by Gasteiger charge is 2.36. The van der Waals surface area contributed by atoms with E-state index in [1.807, 2.05) is 0 Å². The number of likely N-dealkylation sites (tertiary alicyclic amines) is 1. The fraction of sp³-hybridized carbons (Fsp3) is 0.389. The smallest absolute Gasteiger partial charge is 0.308 e. The van der Waals surface area contributed by atoms with E-state index in [1.54, 1.807) is 6.92 Å². The molecule has 0 bridgehead atoms. The summed E-state index contributed by atoms with van der Waals surface area (Å²) < 4.78 is 63.8. The molecule has 2 heterocycles. The van der Waals surface area contributed by atoms with E-state index in [1.165, 1.54) is 11.0 Å². The second-order valence-corrected chi connectivity index (χ2v) is 9.81. The van der Waals surface area contributed by atoms with Gasteiger partial charge in [0.1, 0.15) is 6.04 Å². The quantitative estimate of drug-likeness (QED) is 0.747. The number of hydrogen-bond donors (Lipinski definition) is 1. The highest BCUT2D eigenvalue weighted by molar-refractivity contribution is 7.90. The van der Waals surface area contributed by atoms with Crippen molar-refractivity contribution < 1.29 is 26.4 Å². The van der Waals surface area contributed by atoms with Gasteiger partial charge in [-0.2, -0.15) is 18.4 Å². The van der Waals surface area contributed by atoms with Gasteiger partial charge in [0, 0.05) is 12.8 Å². The lowest BCUT2D eigenvalue weighted by Gasteiger charge is -2.18.